The van der Waals surface area contributed by atoms with Gasteiger partial charge in [0, 0.05) is 17.6 Å². The average Bonchev–Trinajstić information content (AvgIpc) is 2.27. The zero-order valence-electron chi connectivity index (χ0n) is 8.83. The molecule has 0 aliphatic heterocycles. The largest absolute Gasteiger partial charge is 0.334 e. The Labute approximate surface area is 109 Å². The summed E-state index contributed by atoms with van der Waals surface area (Å²) in [6.07, 6.45) is 1.70. The molecule has 0 N–H and O–H groups in total. The smallest absolute Gasteiger partial charge is 0.238 e. The van der Waals surface area contributed by atoms with Crippen LogP contribution in [0.3, 0.4) is 0 Å². The van der Waals surface area contributed by atoms with Crippen molar-refractivity contribution in [1.29, 1.82) is 0 Å². The number of nitrogens with zero attached hydrogens (tertiary/aromatic N) is 1. The molecule has 1 amide bonds. The highest BCUT2D eigenvalue weighted by Gasteiger charge is 2.11. The van der Waals surface area contributed by atoms with E-state index in [2.05, 4.69) is 22.5 Å². The van der Waals surface area contributed by atoms with Crippen LogP contribution < -0.4 is 0 Å². The Bertz CT molecular complexity index is 381. The first-order chi connectivity index (χ1) is 7.67. The second kappa shape index (κ2) is 6.71. The molecule has 1 rings (SSSR count). The Balaban J connectivity index is 2.74. The highest BCUT2D eigenvalue weighted by molar-refractivity contribution is 9.10. The van der Waals surface area contributed by atoms with E-state index >= 15 is 0 Å². The van der Waals surface area contributed by atoms with Gasteiger partial charge in [0.15, 0.2) is 0 Å². The Hall–Kier alpha value is -0.800. The second-order valence-corrected chi connectivity index (χ2v) is 4.51. The fraction of sp³-hybridized carbons (Fsp3) is 0.250. The first-order valence-corrected chi connectivity index (χ1v) is 6.19. The van der Waals surface area contributed by atoms with Crippen LogP contribution in [0.1, 0.15) is 5.56 Å². The normalized spacial score (nSPS) is 9.88. The van der Waals surface area contributed by atoms with Gasteiger partial charge in [0.2, 0.25) is 5.91 Å². The van der Waals surface area contributed by atoms with Crippen LogP contribution in [0.15, 0.2) is 41.4 Å². The van der Waals surface area contributed by atoms with Gasteiger partial charge in [-0.3, -0.25) is 4.79 Å². The van der Waals surface area contributed by atoms with Crippen molar-refractivity contribution in [3.63, 3.8) is 0 Å². The van der Waals surface area contributed by atoms with Crippen molar-refractivity contribution < 1.29 is 4.79 Å². The Morgan fingerprint density at radius 3 is 2.88 bits per heavy atom. The van der Waals surface area contributed by atoms with Gasteiger partial charge in [-0.2, -0.15) is 0 Å². The van der Waals surface area contributed by atoms with Crippen LogP contribution >= 0.6 is 27.5 Å². The molecule has 4 heteroatoms. The molecule has 86 valence electrons. The second-order valence-electron chi connectivity index (χ2n) is 3.33. The maximum absolute atomic E-state index is 11.5. The van der Waals surface area contributed by atoms with E-state index in [1.54, 1.807) is 11.0 Å². The monoisotopic (exact) mass is 301 g/mol. The summed E-state index contributed by atoms with van der Waals surface area (Å²) in [6, 6.07) is 7.85. The van der Waals surface area contributed by atoms with E-state index in [-0.39, 0.29) is 11.8 Å². The lowest BCUT2D eigenvalue weighted by molar-refractivity contribution is -0.128. The average molecular weight is 303 g/mol. The van der Waals surface area contributed by atoms with Crippen LogP contribution in [0.5, 0.6) is 0 Å². The Kier molecular flexibility index (Phi) is 5.56. The van der Waals surface area contributed by atoms with Crippen molar-refractivity contribution >= 4 is 33.4 Å². The summed E-state index contributed by atoms with van der Waals surface area (Å²) < 4.78 is 1.00. The van der Waals surface area contributed by atoms with Crippen LogP contribution in [0.2, 0.25) is 0 Å². The van der Waals surface area contributed by atoms with E-state index in [0.29, 0.717) is 13.1 Å². The zero-order chi connectivity index (χ0) is 12.0. The molecule has 0 heterocycles. The van der Waals surface area contributed by atoms with Gasteiger partial charge in [-0.1, -0.05) is 34.1 Å². The third kappa shape index (κ3) is 3.99. The molecule has 0 aromatic heterocycles. The van der Waals surface area contributed by atoms with Crippen molar-refractivity contribution in [3.8, 4) is 0 Å². The maximum atomic E-state index is 11.5. The van der Waals surface area contributed by atoms with Crippen LogP contribution in [0.4, 0.5) is 0 Å². The molecule has 1 aromatic carbocycles. The molecule has 0 fully saturated rings. The first-order valence-electron chi connectivity index (χ1n) is 4.86. The number of hydrogen-bond acceptors (Lipinski definition) is 1. The Morgan fingerprint density at radius 2 is 2.31 bits per heavy atom. The van der Waals surface area contributed by atoms with Crippen molar-refractivity contribution in [1.82, 2.24) is 4.90 Å². The molecular formula is C12H13BrClNO. The summed E-state index contributed by atoms with van der Waals surface area (Å²) in [5, 5.41) is 0. The summed E-state index contributed by atoms with van der Waals surface area (Å²) in [5.41, 5.74) is 1.06. The van der Waals surface area contributed by atoms with Crippen LogP contribution in [-0.2, 0) is 11.3 Å². The number of halogens is 2. The molecule has 0 saturated carbocycles. The first kappa shape index (κ1) is 13.3. The van der Waals surface area contributed by atoms with Crippen LogP contribution in [0.25, 0.3) is 0 Å². The van der Waals surface area contributed by atoms with Gasteiger partial charge in [-0.15, -0.1) is 18.2 Å². The number of carbonyl (C=O) groups excluding carboxylic acids is 1. The predicted molar refractivity (Wildman–Crippen MR) is 70.5 cm³/mol. The fourth-order valence-corrected chi connectivity index (χ4v) is 1.97. The number of benzene rings is 1. The molecule has 0 saturated heterocycles. The molecule has 0 unspecified atom stereocenters. The van der Waals surface area contributed by atoms with Crippen LogP contribution in [0, 0.1) is 0 Å². The van der Waals surface area contributed by atoms with Gasteiger partial charge >= 0.3 is 0 Å². The van der Waals surface area contributed by atoms with E-state index in [0.717, 1.165) is 10.0 Å². The van der Waals surface area contributed by atoms with Crippen molar-refractivity contribution in [3.05, 3.63) is 47.0 Å². The highest BCUT2D eigenvalue weighted by atomic mass is 79.9. The van der Waals surface area contributed by atoms with Gasteiger partial charge in [-0.25, -0.2) is 0 Å². The maximum Gasteiger partial charge on any atom is 0.238 e. The van der Waals surface area contributed by atoms with E-state index in [4.69, 9.17) is 11.6 Å². The van der Waals surface area contributed by atoms with Gasteiger partial charge in [-0.05, 0) is 17.7 Å². The molecule has 2 nitrogen and oxygen atoms in total. The topological polar surface area (TPSA) is 20.3 Å². The highest BCUT2D eigenvalue weighted by Crippen LogP contribution is 2.13. The molecule has 16 heavy (non-hydrogen) atoms. The summed E-state index contributed by atoms with van der Waals surface area (Å²) in [4.78, 5) is 13.2. The lowest BCUT2D eigenvalue weighted by Crippen LogP contribution is -2.31. The quantitative estimate of drug-likeness (QED) is 0.604. The molecule has 0 aliphatic rings. The molecule has 1 aromatic rings. The summed E-state index contributed by atoms with van der Waals surface area (Å²) >= 11 is 8.94. The van der Waals surface area contributed by atoms with E-state index in [9.17, 15) is 4.79 Å². The van der Waals surface area contributed by atoms with Crippen molar-refractivity contribution in [2.45, 2.75) is 6.54 Å². The lowest BCUT2D eigenvalue weighted by atomic mass is 10.2. The van der Waals surface area contributed by atoms with E-state index in [1.165, 1.54) is 0 Å². The van der Waals surface area contributed by atoms with Crippen molar-refractivity contribution in [2.75, 3.05) is 12.4 Å². The van der Waals surface area contributed by atoms with E-state index < -0.39 is 0 Å². The predicted octanol–water partition coefficient (Wildman–Crippen LogP) is 3.20. The standard InChI is InChI=1S/C12H13BrClNO/c1-2-6-15(12(16)8-14)9-10-4-3-5-11(13)7-10/h2-5,7H,1,6,8-9H2. The SMILES string of the molecule is C=CCN(Cc1cccc(Br)c1)C(=O)CCl. The molecule has 0 radical (unpaired) electrons. The molecule has 0 bridgehead atoms. The third-order valence-corrected chi connectivity index (χ3v) is 2.80. The van der Waals surface area contributed by atoms with Crippen LogP contribution in [-0.4, -0.2) is 23.2 Å². The van der Waals surface area contributed by atoms with Gasteiger partial charge in [0.25, 0.3) is 0 Å². The summed E-state index contributed by atoms with van der Waals surface area (Å²) in [5.74, 6) is -0.0801. The van der Waals surface area contributed by atoms with Gasteiger partial charge < -0.3 is 4.90 Å². The molecule has 0 atom stereocenters. The third-order valence-electron chi connectivity index (χ3n) is 2.08. The van der Waals surface area contributed by atoms with Gasteiger partial charge in [0.05, 0.1) is 0 Å². The van der Waals surface area contributed by atoms with Gasteiger partial charge in [0.1, 0.15) is 5.88 Å². The Morgan fingerprint density at radius 1 is 1.56 bits per heavy atom. The number of hydrogen-bond donors (Lipinski definition) is 0. The molecule has 0 aliphatic carbocycles. The number of carbonyl (C=O) groups is 1. The fourth-order valence-electron chi connectivity index (χ4n) is 1.35. The minimum absolute atomic E-state index is 0.00183. The number of rotatable bonds is 5. The zero-order valence-corrected chi connectivity index (χ0v) is 11.2. The minimum Gasteiger partial charge on any atom is -0.334 e. The minimum atomic E-state index is -0.0819. The van der Waals surface area contributed by atoms with E-state index in [1.807, 2.05) is 24.3 Å². The number of alkyl halides is 1. The summed E-state index contributed by atoms with van der Waals surface area (Å²) in [6.45, 7) is 4.69. The molecule has 0 spiro atoms. The molecular weight excluding hydrogens is 289 g/mol. The lowest BCUT2D eigenvalue weighted by Gasteiger charge is -2.20. The summed E-state index contributed by atoms with van der Waals surface area (Å²) in [7, 11) is 0. The number of amides is 1. The van der Waals surface area contributed by atoms with Crippen molar-refractivity contribution in [2.24, 2.45) is 0 Å².